The van der Waals surface area contributed by atoms with Crippen LogP contribution in [0.5, 0.6) is 11.5 Å². The van der Waals surface area contributed by atoms with Crippen molar-refractivity contribution in [1.82, 2.24) is 0 Å². The van der Waals surface area contributed by atoms with Gasteiger partial charge in [-0.05, 0) is 102 Å². The lowest BCUT2D eigenvalue weighted by Gasteiger charge is -2.23. The molecule has 0 unspecified atom stereocenters. The highest BCUT2D eigenvalue weighted by Crippen LogP contribution is 2.47. The third-order valence-electron chi connectivity index (χ3n) is 7.19. The normalized spacial score (nSPS) is 11.3. The summed E-state index contributed by atoms with van der Waals surface area (Å²) in [6.45, 7) is 0. The Hall–Kier alpha value is -3.60. The van der Waals surface area contributed by atoms with E-state index in [1.807, 2.05) is 24.3 Å². The van der Waals surface area contributed by atoms with Crippen LogP contribution in [0.1, 0.15) is 11.1 Å². The Kier molecular flexibility index (Phi) is 6.69. The van der Waals surface area contributed by atoms with E-state index in [0.29, 0.717) is 10.7 Å². The Morgan fingerprint density at radius 3 is 1.21 bits per heavy atom. The lowest BCUT2D eigenvalue weighted by molar-refractivity contribution is 0.475. The minimum atomic E-state index is 0.254. The van der Waals surface area contributed by atoms with Gasteiger partial charge >= 0.3 is 0 Å². The minimum Gasteiger partial charge on any atom is -0.508 e. The van der Waals surface area contributed by atoms with Gasteiger partial charge in [-0.25, -0.2) is 0 Å². The summed E-state index contributed by atoms with van der Waals surface area (Å²) in [5.41, 5.74) is 9.19. The zero-order valence-corrected chi connectivity index (χ0v) is 23.6. The molecular weight excluding hydrogens is 600 g/mol. The summed E-state index contributed by atoms with van der Waals surface area (Å²) >= 11 is 7.69. The first kappa shape index (κ1) is 24.7. The van der Waals surface area contributed by atoms with Crippen molar-refractivity contribution in [2.24, 2.45) is 0 Å². The number of fused-ring (bicyclic) bond motifs is 2. The molecule has 0 fully saturated rings. The quantitative estimate of drug-likeness (QED) is 0.188. The monoisotopic (exact) mass is 622 g/mol. The maximum absolute atomic E-state index is 9.95. The summed E-state index contributed by atoms with van der Waals surface area (Å²) in [6.07, 6.45) is 0. The number of benzene rings is 6. The molecule has 0 saturated carbocycles. The second-order valence-electron chi connectivity index (χ2n) is 9.36. The number of hydrogen-bond donors (Lipinski definition) is 2. The largest absolute Gasteiger partial charge is 0.508 e. The van der Waals surface area contributed by atoms with Crippen molar-refractivity contribution in [2.45, 2.75) is 10.7 Å². The maximum Gasteiger partial charge on any atom is 0.115 e. The molecule has 2 nitrogen and oxygen atoms in total. The van der Waals surface area contributed by atoms with Gasteiger partial charge in [-0.15, -0.1) is 0 Å². The molecule has 0 radical (unpaired) electrons. The van der Waals surface area contributed by atoms with Gasteiger partial charge in [-0.2, -0.15) is 0 Å². The van der Waals surface area contributed by atoms with Crippen LogP contribution in [-0.4, -0.2) is 10.2 Å². The molecule has 6 aromatic carbocycles. The number of rotatable bonds is 5. The number of hydrogen-bond acceptors (Lipinski definition) is 2. The van der Waals surface area contributed by atoms with E-state index >= 15 is 0 Å². The molecule has 0 spiro atoms. The van der Waals surface area contributed by atoms with E-state index in [1.165, 1.54) is 33.0 Å². The van der Waals surface area contributed by atoms with Gasteiger partial charge in [0.2, 0.25) is 0 Å². The van der Waals surface area contributed by atoms with Crippen LogP contribution in [-0.2, 0) is 10.7 Å². The fourth-order valence-corrected chi connectivity index (χ4v) is 6.59. The van der Waals surface area contributed by atoms with Crippen molar-refractivity contribution < 1.29 is 10.2 Å². The fourth-order valence-electron chi connectivity index (χ4n) is 5.43. The van der Waals surface area contributed by atoms with Gasteiger partial charge in [0.05, 0.1) is 0 Å². The van der Waals surface area contributed by atoms with Gasteiger partial charge in [0.1, 0.15) is 11.5 Å². The van der Waals surface area contributed by atoms with Crippen molar-refractivity contribution in [2.75, 3.05) is 0 Å². The highest BCUT2D eigenvalue weighted by molar-refractivity contribution is 9.08. The van der Waals surface area contributed by atoms with E-state index in [1.54, 1.807) is 24.3 Å². The van der Waals surface area contributed by atoms with Crippen molar-refractivity contribution in [3.63, 3.8) is 0 Å². The van der Waals surface area contributed by atoms with Gasteiger partial charge in [-0.3, -0.25) is 0 Å². The number of phenols is 2. The number of alkyl halides is 2. The summed E-state index contributed by atoms with van der Waals surface area (Å²) in [4.78, 5) is 0. The summed E-state index contributed by atoms with van der Waals surface area (Å²) in [7, 11) is 0. The molecule has 0 aromatic heterocycles. The summed E-state index contributed by atoms with van der Waals surface area (Å²) in [5.74, 6) is 0.508. The second-order valence-corrected chi connectivity index (χ2v) is 10.5. The Labute approximate surface area is 238 Å². The molecule has 0 saturated heterocycles. The van der Waals surface area contributed by atoms with E-state index in [0.717, 1.165) is 33.0 Å². The minimum absolute atomic E-state index is 0.254. The number of halogens is 2. The molecule has 0 bridgehead atoms. The fraction of sp³-hybridized carbons (Fsp3) is 0.0588. The highest BCUT2D eigenvalue weighted by atomic mass is 79.9. The van der Waals surface area contributed by atoms with Gasteiger partial charge in [-0.1, -0.05) is 105 Å². The third-order valence-corrected chi connectivity index (χ3v) is 8.31. The molecule has 38 heavy (non-hydrogen) atoms. The predicted molar refractivity (Wildman–Crippen MR) is 166 cm³/mol. The molecule has 6 rings (SSSR count). The lowest BCUT2D eigenvalue weighted by atomic mass is 9.82. The van der Waals surface area contributed by atoms with Crippen LogP contribution >= 0.6 is 31.9 Å². The van der Waals surface area contributed by atoms with Gasteiger partial charge in [0.25, 0.3) is 0 Å². The molecule has 2 N–H and O–H groups in total. The Morgan fingerprint density at radius 1 is 0.474 bits per heavy atom. The van der Waals surface area contributed by atoms with E-state index in [2.05, 4.69) is 92.5 Å². The smallest absolute Gasteiger partial charge is 0.115 e. The lowest BCUT2D eigenvalue weighted by Crippen LogP contribution is -1.99. The topological polar surface area (TPSA) is 40.5 Å². The average Bonchev–Trinajstić information content (AvgIpc) is 2.96. The van der Waals surface area contributed by atoms with Crippen LogP contribution in [0.2, 0.25) is 0 Å². The molecular formula is C34H24Br2O2. The van der Waals surface area contributed by atoms with E-state index in [4.69, 9.17) is 0 Å². The van der Waals surface area contributed by atoms with Crippen molar-refractivity contribution in [3.05, 3.63) is 120 Å². The molecule has 0 aliphatic rings. The standard InChI is InChI=1S/C34H24Br2O2/c35-19-31-29(21-9-13-25(37)14-10-21)17-23-5-1-3-7-27(23)33(31)34-28-8-4-2-6-24(28)18-30(32(34)20-36)22-11-15-26(38)16-12-22/h1-18,37-38H,19-20H2. The zero-order chi connectivity index (χ0) is 26.2. The van der Waals surface area contributed by atoms with Crippen molar-refractivity contribution in [1.29, 1.82) is 0 Å². The second kappa shape index (κ2) is 10.3. The average molecular weight is 624 g/mol. The van der Waals surface area contributed by atoms with Crippen molar-refractivity contribution >= 4 is 53.4 Å². The van der Waals surface area contributed by atoms with Gasteiger partial charge < -0.3 is 10.2 Å². The van der Waals surface area contributed by atoms with Crippen LogP contribution in [0.4, 0.5) is 0 Å². The van der Waals surface area contributed by atoms with Crippen LogP contribution in [0.15, 0.2) is 109 Å². The molecule has 0 heterocycles. The molecule has 0 aliphatic heterocycles. The summed E-state index contributed by atoms with van der Waals surface area (Å²) in [5, 5.41) is 25.9. The number of phenolic OH excluding ortho intramolecular Hbond substituents is 2. The third kappa shape index (κ3) is 4.28. The Morgan fingerprint density at radius 2 is 0.842 bits per heavy atom. The van der Waals surface area contributed by atoms with Crippen LogP contribution in [0, 0.1) is 0 Å². The molecule has 0 aliphatic carbocycles. The van der Waals surface area contributed by atoms with Crippen LogP contribution < -0.4 is 0 Å². The first-order valence-corrected chi connectivity index (χ1v) is 14.6. The maximum atomic E-state index is 9.95. The van der Waals surface area contributed by atoms with E-state index in [-0.39, 0.29) is 11.5 Å². The molecule has 0 amide bonds. The van der Waals surface area contributed by atoms with E-state index < -0.39 is 0 Å². The van der Waals surface area contributed by atoms with Crippen LogP contribution in [0.3, 0.4) is 0 Å². The van der Waals surface area contributed by atoms with E-state index in [9.17, 15) is 10.2 Å². The SMILES string of the molecule is Oc1ccc(-c2cc3ccccc3c(-c3c(CBr)c(-c4ccc(O)cc4)cc4ccccc34)c2CBr)cc1. The summed E-state index contributed by atoms with van der Waals surface area (Å²) in [6, 6.07) is 36.5. The van der Waals surface area contributed by atoms with Crippen LogP contribution in [0.25, 0.3) is 54.9 Å². The predicted octanol–water partition coefficient (Wildman–Crippen LogP) is 10.2. The molecule has 0 atom stereocenters. The zero-order valence-electron chi connectivity index (χ0n) is 20.5. The first-order chi connectivity index (χ1) is 18.6. The number of aromatic hydroxyl groups is 2. The Balaban J connectivity index is 1.79. The van der Waals surface area contributed by atoms with Gasteiger partial charge in [0.15, 0.2) is 0 Å². The summed E-state index contributed by atoms with van der Waals surface area (Å²) < 4.78 is 0. The first-order valence-electron chi connectivity index (χ1n) is 12.4. The Bertz CT molecular complexity index is 1650. The molecule has 186 valence electrons. The van der Waals surface area contributed by atoms with Gasteiger partial charge in [0, 0.05) is 10.7 Å². The molecule has 6 aromatic rings. The highest BCUT2D eigenvalue weighted by Gasteiger charge is 2.22. The van der Waals surface area contributed by atoms with Crippen molar-refractivity contribution in [3.8, 4) is 44.9 Å². The molecule has 4 heteroatoms.